The second-order valence-corrected chi connectivity index (χ2v) is 9.15. The molecule has 0 radical (unpaired) electrons. The highest BCUT2D eigenvalue weighted by molar-refractivity contribution is 7.22. The van der Waals surface area contributed by atoms with Gasteiger partial charge in [0.2, 0.25) is 0 Å². The lowest BCUT2D eigenvalue weighted by Crippen LogP contribution is -2.36. The molecular weight excluding hydrogens is 460 g/mol. The molecule has 0 bridgehead atoms. The molecule has 1 aliphatic heterocycles. The Labute approximate surface area is 205 Å². The van der Waals surface area contributed by atoms with Crippen molar-refractivity contribution < 1.29 is 9.53 Å². The van der Waals surface area contributed by atoms with Gasteiger partial charge in [-0.3, -0.25) is 9.78 Å². The van der Waals surface area contributed by atoms with Gasteiger partial charge < -0.3 is 15.0 Å². The van der Waals surface area contributed by atoms with Gasteiger partial charge in [-0.2, -0.15) is 5.10 Å². The van der Waals surface area contributed by atoms with Gasteiger partial charge in [-0.1, -0.05) is 29.5 Å². The van der Waals surface area contributed by atoms with E-state index in [2.05, 4.69) is 15.2 Å². The van der Waals surface area contributed by atoms with E-state index < -0.39 is 0 Å². The van der Waals surface area contributed by atoms with Gasteiger partial charge in [0.25, 0.3) is 5.91 Å². The summed E-state index contributed by atoms with van der Waals surface area (Å²) < 4.78 is 8.19. The van der Waals surface area contributed by atoms with E-state index in [9.17, 15) is 4.79 Å². The van der Waals surface area contributed by atoms with Crippen LogP contribution in [0.15, 0.2) is 79.3 Å². The van der Waals surface area contributed by atoms with Gasteiger partial charge in [0.05, 0.1) is 34.7 Å². The number of hydrogen-bond donors (Lipinski definition) is 1. The van der Waals surface area contributed by atoms with Crippen LogP contribution in [0.25, 0.3) is 27.2 Å². The average molecular weight is 483 g/mol. The molecule has 9 heteroatoms. The number of thiazole rings is 1. The molecule has 1 fully saturated rings. The molecule has 1 N–H and O–H groups in total. The summed E-state index contributed by atoms with van der Waals surface area (Å²) in [6.45, 7) is 3.11. The van der Waals surface area contributed by atoms with Crippen LogP contribution in [-0.4, -0.2) is 52.0 Å². The van der Waals surface area contributed by atoms with Crippen molar-refractivity contribution in [1.82, 2.24) is 19.7 Å². The van der Waals surface area contributed by atoms with E-state index in [0.717, 1.165) is 39.7 Å². The van der Waals surface area contributed by atoms with Crippen LogP contribution in [0.4, 0.5) is 10.8 Å². The Morgan fingerprint density at radius 2 is 1.89 bits per heavy atom. The number of nitrogens with zero attached hydrogens (tertiary/aromatic N) is 5. The first kappa shape index (κ1) is 21.5. The Bertz CT molecular complexity index is 1480. The molecule has 2 aromatic carbocycles. The average Bonchev–Trinajstić information content (AvgIpc) is 3.55. The number of nitrogens with one attached hydrogen (secondary N) is 1. The van der Waals surface area contributed by atoms with Crippen LogP contribution >= 0.6 is 11.3 Å². The second kappa shape index (κ2) is 9.28. The Kier molecular flexibility index (Phi) is 5.69. The number of benzene rings is 2. The van der Waals surface area contributed by atoms with Crippen LogP contribution in [0.5, 0.6) is 0 Å². The summed E-state index contributed by atoms with van der Waals surface area (Å²) in [4.78, 5) is 24.6. The first-order valence-electron chi connectivity index (χ1n) is 11.3. The van der Waals surface area contributed by atoms with Crippen LogP contribution in [0.3, 0.4) is 0 Å². The van der Waals surface area contributed by atoms with E-state index in [1.807, 2.05) is 60.7 Å². The monoisotopic (exact) mass is 482 g/mol. The predicted molar refractivity (Wildman–Crippen MR) is 137 cm³/mol. The Hall–Kier alpha value is -4.08. The zero-order valence-electron chi connectivity index (χ0n) is 18.8. The molecule has 3 aromatic heterocycles. The standard InChI is InChI=1S/C26H22N6O2S/c33-25(28-19-8-9-22-23(15-19)35-26(29-22)31-11-13-34-14-12-31)21-17-32(20-6-2-1-3-7-20)30-24(21)18-5-4-10-27-16-18/h1-10,15-17H,11-14H2,(H,28,33). The van der Waals surface area contributed by atoms with E-state index in [4.69, 9.17) is 14.8 Å². The van der Waals surface area contributed by atoms with E-state index >= 15 is 0 Å². The van der Waals surface area contributed by atoms with Crippen molar-refractivity contribution in [3.8, 4) is 16.9 Å². The van der Waals surface area contributed by atoms with Crippen molar-refractivity contribution in [2.75, 3.05) is 36.5 Å². The molecular formula is C26H22N6O2S. The SMILES string of the molecule is O=C(Nc1ccc2nc(N3CCOCC3)sc2c1)c1cn(-c2ccccc2)nc1-c1cccnc1. The third-order valence-electron chi connectivity index (χ3n) is 5.83. The van der Waals surface area contributed by atoms with Crippen LogP contribution in [0.2, 0.25) is 0 Å². The van der Waals surface area contributed by atoms with Crippen LogP contribution in [0.1, 0.15) is 10.4 Å². The summed E-state index contributed by atoms with van der Waals surface area (Å²) in [6.07, 6.45) is 5.17. The van der Waals surface area contributed by atoms with Crippen LogP contribution in [-0.2, 0) is 4.74 Å². The van der Waals surface area contributed by atoms with Gasteiger partial charge in [0.1, 0.15) is 5.69 Å². The lowest BCUT2D eigenvalue weighted by molar-refractivity contribution is 0.102. The number of aromatic nitrogens is 4. The summed E-state index contributed by atoms with van der Waals surface area (Å²) in [7, 11) is 0. The van der Waals surface area contributed by atoms with Crippen molar-refractivity contribution in [3.63, 3.8) is 0 Å². The molecule has 1 aliphatic rings. The number of hydrogen-bond acceptors (Lipinski definition) is 7. The Morgan fingerprint density at radius 1 is 1.03 bits per heavy atom. The Morgan fingerprint density at radius 3 is 2.69 bits per heavy atom. The molecule has 6 rings (SSSR count). The summed E-state index contributed by atoms with van der Waals surface area (Å²) in [5.41, 5.74) is 4.33. The molecule has 35 heavy (non-hydrogen) atoms. The molecule has 174 valence electrons. The first-order valence-corrected chi connectivity index (χ1v) is 12.2. The summed E-state index contributed by atoms with van der Waals surface area (Å²) in [6, 6.07) is 19.3. The normalized spacial score (nSPS) is 13.8. The van der Waals surface area contributed by atoms with Gasteiger partial charge in [-0.25, -0.2) is 9.67 Å². The summed E-state index contributed by atoms with van der Waals surface area (Å²) in [5.74, 6) is -0.233. The highest BCUT2D eigenvalue weighted by Crippen LogP contribution is 2.32. The number of pyridine rings is 1. The van der Waals surface area contributed by atoms with Gasteiger partial charge in [0.15, 0.2) is 5.13 Å². The number of amides is 1. The quantitative estimate of drug-likeness (QED) is 0.393. The van der Waals surface area contributed by atoms with Crippen molar-refractivity contribution in [1.29, 1.82) is 0 Å². The number of ether oxygens (including phenoxy) is 1. The maximum Gasteiger partial charge on any atom is 0.259 e. The highest BCUT2D eigenvalue weighted by Gasteiger charge is 2.20. The topological polar surface area (TPSA) is 85.2 Å². The fraction of sp³-hybridized carbons (Fsp3) is 0.154. The lowest BCUT2D eigenvalue weighted by Gasteiger charge is -2.25. The van der Waals surface area contributed by atoms with E-state index in [-0.39, 0.29) is 5.91 Å². The molecule has 8 nitrogen and oxygen atoms in total. The Balaban J connectivity index is 1.31. The number of morpholine rings is 1. The van der Waals surface area contributed by atoms with Crippen molar-refractivity contribution >= 4 is 38.3 Å². The third kappa shape index (κ3) is 4.39. The summed E-state index contributed by atoms with van der Waals surface area (Å²) in [5, 5.41) is 8.74. The predicted octanol–water partition coefficient (Wildman–Crippen LogP) is 4.63. The van der Waals surface area contributed by atoms with E-state index in [1.54, 1.807) is 34.6 Å². The molecule has 0 aliphatic carbocycles. The third-order valence-corrected chi connectivity index (χ3v) is 6.91. The van der Waals surface area contributed by atoms with Gasteiger partial charge >= 0.3 is 0 Å². The number of rotatable bonds is 5. The van der Waals surface area contributed by atoms with Gasteiger partial charge in [-0.05, 0) is 42.5 Å². The van der Waals surface area contributed by atoms with E-state index in [1.165, 1.54) is 0 Å². The molecule has 1 amide bonds. The fourth-order valence-electron chi connectivity index (χ4n) is 4.05. The van der Waals surface area contributed by atoms with Crippen molar-refractivity contribution in [2.45, 2.75) is 0 Å². The molecule has 1 saturated heterocycles. The second-order valence-electron chi connectivity index (χ2n) is 8.15. The highest BCUT2D eigenvalue weighted by atomic mass is 32.1. The van der Waals surface area contributed by atoms with Gasteiger partial charge in [0, 0.05) is 42.9 Å². The minimum absolute atomic E-state index is 0.233. The molecule has 0 unspecified atom stereocenters. The smallest absolute Gasteiger partial charge is 0.259 e. The molecule has 0 saturated carbocycles. The zero-order chi connectivity index (χ0) is 23.6. The molecule has 0 spiro atoms. The van der Waals surface area contributed by atoms with Gasteiger partial charge in [-0.15, -0.1) is 0 Å². The number of carbonyl (C=O) groups excluding carboxylic acids is 1. The van der Waals surface area contributed by atoms with Crippen LogP contribution in [0, 0.1) is 0 Å². The maximum atomic E-state index is 13.4. The molecule has 5 aromatic rings. The lowest BCUT2D eigenvalue weighted by atomic mass is 10.1. The number of anilines is 2. The number of para-hydroxylation sites is 1. The van der Waals surface area contributed by atoms with Crippen molar-refractivity contribution in [3.05, 3.63) is 84.8 Å². The number of carbonyl (C=O) groups is 1. The minimum Gasteiger partial charge on any atom is -0.378 e. The summed E-state index contributed by atoms with van der Waals surface area (Å²) >= 11 is 1.63. The molecule has 0 atom stereocenters. The number of fused-ring (bicyclic) bond motifs is 1. The van der Waals surface area contributed by atoms with E-state index in [0.29, 0.717) is 30.2 Å². The fourth-order valence-corrected chi connectivity index (χ4v) is 5.10. The zero-order valence-corrected chi connectivity index (χ0v) is 19.6. The van der Waals surface area contributed by atoms with Crippen molar-refractivity contribution in [2.24, 2.45) is 0 Å². The largest absolute Gasteiger partial charge is 0.378 e. The molecule has 4 heterocycles. The van der Waals surface area contributed by atoms with Crippen LogP contribution < -0.4 is 10.2 Å². The first-order chi connectivity index (χ1) is 17.2. The minimum atomic E-state index is -0.233. The maximum absolute atomic E-state index is 13.4.